The first-order valence-corrected chi connectivity index (χ1v) is 10.4. The lowest BCUT2D eigenvalue weighted by atomic mass is 10.0. The highest BCUT2D eigenvalue weighted by atomic mass is 16.5. The summed E-state index contributed by atoms with van der Waals surface area (Å²) in [4.78, 5) is 31.9. The molecule has 1 saturated heterocycles. The van der Waals surface area contributed by atoms with Crippen LogP contribution in [0.5, 0.6) is 0 Å². The van der Waals surface area contributed by atoms with E-state index in [0.29, 0.717) is 18.6 Å². The van der Waals surface area contributed by atoms with E-state index in [4.69, 9.17) is 4.74 Å². The van der Waals surface area contributed by atoms with Crippen molar-refractivity contribution in [1.29, 1.82) is 0 Å². The maximum Gasteiger partial charge on any atom is 0.333 e. The van der Waals surface area contributed by atoms with E-state index in [-0.39, 0.29) is 23.8 Å². The summed E-state index contributed by atoms with van der Waals surface area (Å²) in [5, 5.41) is 2.84. The molecule has 1 amide bonds. The molecule has 6 nitrogen and oxygen atoms in total. The predicted octanol–water partition coefficient (Wildman–Crippen LogP) is 4.86. The van der Waals surface area contributed by atoms with Crippen LogP contribution in [0.1, 0.15) is 72.1 Å². The summed E-state index contributed by atoms with van der Waals surface area (Å²) >= 11 is 0. The molecular weight excluding hydrogens is 370 g/mol. The third kappa shape index (κ3) is 18.7. The number of carbonyl (C=O) groups excluding carboxylic acids is 3. The van der Waals surface area contributed by atoms with Crippen molar-refractivity contribution in [3.63, 3.8) is 0 Å². The fourth-order valence-electron chi connectivity index (χ4n) is 2.25. The summed E-state index contributed by atoms with van der Waals surface area (Å²) in [5.41, 5.74) is 0.565. The quantitative estimate of drug-likeness (QED) is 0.193. The molecule has 0 bridgehead atoms. The number of hydrogen-bond donors (Lipinski definition) is 1. The number of nitrogens with one attached hydrogen (secondary N) is 1. The maximum absolute atomic E-state index is 11.1. The van der Waals surface area contributed by atoms with Crippen molar-refractivity contribution >= 4 is 17.8 Å². The summed E-state index contributed by atoms with van der Waals surface area (Å²) in [6, 6.07) is 0. The van der Waals surface area contributed by atoms with Gasteiger partial charge in [-0.15, -0.1) is 6.58 Å². The summed E-state index contributed by atoms with van der Waals surface area (Å²) in [7, 11) is 0. The van der Waals surface area contributed by atoms with Gasteiger partial charge in [0, 0.05) is 19.0 Å². The number of carbonyl (C=O) groups is 3. The fourth-order valence-corrected chi connectivity index (χ4v) is 2.25. The van der Waals surface area contributed by atoms with E-state index in [0.717, 1.165) is 44.9 Å². The van der Waals surface area contributed by atoms with Crippen LogP contribution in [0, 0.1) is 5.92 Å². The van der Waals surface area contributed by atoms with Gasteiger partial charge in [0.15, 0.2) is 0 Å². The molecule has 6 heteroatoms. The van der Waals surface area contributed by atoms with Gasteiger partial charge < -0.3 is 14.8 Å². The van der Waals surface area contributed by atoms with Crippen LogP contribution in [-0.2, 0) is 23.9 Å². The van der Waals surface area contributed by atoms with Crippen LogP contribution >= 0.6 is 0 Å². The summed E-state index contributed by atoms with van der Waals surface area (Å²) < 4.78 is 9.17. The van der Waals surface area contributed by atoms with Gasteiger partial charge in [-0.25, -0.2) is 4.79 Å². The molecule has 1 aliphatic heterocycles. The zero-order chi connectivity index (χ0) is 22.5. The first-order chi connectivity index (χ1) is 13.8. The van der Waals surface area contributed by atoms with E-state index in [9.17, 15) is 14.4 Å². The molecule has 1 heterocycles. The third-order valence-corrected chi connectivity index (χ3v) is 4.06. The van der Waals surface area contributed by atoms with Crippen molar-refractivity contribution in [3.8, 4) is 0 Å². The molecule has 1 fully saturated rings. The number of hydrogen-bond acceptors (Lipinski definition) is 5. The zero-order valence-corrected chi connectivity index (χ0v) is 18.5. The van der Waals surface area contributed by atoms with E-state index in [1.54, 1.807) is 6.08 Å². The van der Waals surface area contributed by atoms with Gasteiger partial charge in [0.05, 0.1) is 18.8 Å². The molecule has 0 aromatic heterocycles. The van der Waals surface area contributed by atoms with Crippen LogP contribution in [0.4, 0.5) is 0 Å². The van der Waals surface area contributed by atoms with Gasteiger partial charge in [-0.1, -0.05) is 58.8 Å². The smallest absolute Gasteiger partial charge is 0.333 e. The zero-order valence-electron chi connectivity index (χ0n) is 18.5. The Morgan fingerprint density at radius 3 is 2.34 bits per heavy atom. The van der Waals surface area contributed by atoms with Crippen molar-refractivity contribution < 1.29 is 23.9 Å². The number of amides is 1. The number of unbranched alkanes of at least 4 members (excludes halogenated alkanes) is 3. The average molecular weight is 410 g/mol. The van der Waals surface area contributed by atoms with Crippen molar-refractivity contribution in [3.05, 3.63) is 37.6 Å². The minimum atomic E-state index is -0.329. The summed E-state index contributed by atoms with van der Waals surface area (Å²) in [6.07, 6.45) is 11.2. The molecule has 0 aliphatic carbocycles. The molecule has 29 heavy (non-hydrogen) atoms. The van der Waals surface area contributed by atoms with Crippen molar-refractivity contribution in [2.24, 2.45) is 5.92 Å². The number of ether oxygens (including phenoxy) is 2. The summed E-state index contributed by atoms with van der Waals surface area (Å²) in [6.45, 7) is 17.1. The Morgan fingerprint density at radius 1 is 1.17 bits per heavy atom. The van der Waals surface area contributed by atoms with E-state index in [1.165, 1.54) is 19.8 Å². The van der Waals surface area contributed by atoms with Crippen molar-refractivity contribution in [2.75, 3.05) is 13.2 Å². The molecule has 1 atom stereocenters. The average Bonchev–Trinajstić information content (AvgIpc) is 2.91. The molecule has 0 spiro atoms. The van der Waals surface area contributed by atoms with E-state index >= 15 is 0 Å². The van der Waals surface area contributed by atoms with Crippen LogP contribution in [0.25, 0.3) is 0 Å². The first kappa shape index (κ1) is 28.8. The molecule has 0 aromatic carbocycles. The predicted molar refractivity (Wildman–Crippen MR) is 117 cm³/mol. The van der Waals surface area contributed by atoms with Crippen molar-refractivity contribution in [1.82, 2.24) is 5.32 Å². The van der Waals surface area contributed by atoms with Crippen LogP contribution in [0.2, 0.25) is 0 Å². The Labute approximate surface area is 176 Å². The normalized spacial score (nSPS) is 15.0. The lowest BCUT2D eigenvalue weighted by Crippen LogP contribution is -2.27. The molecule has 1 aliphatic rings. The highest BCUT2D eigenvalue weighted by molar-refractivity contribution is 5.87. The molecule has 1 N–H and O–H groups in total. The van der Waals surface area contributed by atoms with Gasteiger partial charge in [0.25, 0.3) is 0 Å². The highest BCUT2D eigenvalue weighted by Crippen LogP contribution is 2.12. The monoisotopic (exact) mass is 409 g/mol. The summed E-state index contributed by atoms with van der Waals surface area (Å²) in [5.74, 6) is -0.362. The SMILES string of the molecule is C=C(CC)C(=O)OCCCCCC.C=CC1CCCCNC1=O.C=COC(C)=O. The van der Waals surface area contributed by atoms with Crippen molar-refractivity contribution in [2.45, 2.75) is 72.1 Å². The Morgan fingerprint density at radius 2 is 1.86 bits per heavy atom. The Hall–Kier alpha value is -2.37. The van der Waals surface area contributed by atoms with Crippen LogP contribution < -0.4 is 5.32 Å². The topological polar surface area (TPSA) is 81.7 Å². The standard InChI is InChI=1S/C11H20O2.C8H13NO.C4H6O2/c1-4-6-7-8-9-13-11(12)10(3)5-2;1-2-7-5-3-4-6-9-8(7)10;1-3-6-4(2)5/h3-9H2,1-2H3;2,7H,1,3-6H2,(H,9,10);3H,1H2,2H3. The minimum absolute atomic E-state index is 0.0579. The van der Waals surface area contributed by atoms with Crippen LogP contribution in [0.15, 0.2) is 37.6 Å². The molecule has 166 valence electrons. The maximum atomic E-state index is 11.1. The highest BCUT2D eigenvalue weighted by Gasteiger charge is 2.16. The second kappa shape index (κ2) is 20.4. The molecular formula is C23H39NO5. The Balaban J connectivity index is 0. The lowest BCUT2D eigenvalue weighted by molar-refractivity contribution is -0.139. The fraction of sp³-hybridized carbons (Fsp3) is 0.609. The van der Waals surface area contributed by atoms with Crippen LogP contribution in [-0.4, -0.2) is 31.0 Å². The second-order valence-electron chi connectivity index (χ2n) is 6.56. The van der Waals surface area contributed by atoms with Gasteiger partial charge in [-0.3, -0.25) is 9.59 Å². The molecule has 0 aromatic rings. The van der Waals surface area contributed by atoms with Crippen LogP contribution in [0.3, 0.4) is 0 Å². The number of esters is 2. The molecule has 1 rings (SSSR count). The largest absolute Gasteiger partial charge is 0.462 e. The van der Waals surface area contributed by atoms with E-state index in [2.05, 4.69) is 36.7 Å². The molecule has 1 unspecified atom stereocenters. The van der Waals surface area contributed by atoms with Gasteiger partial charge >= 0.3 is 11.9 Å². The molecule has 0 radical (unpaired) electrons. The van der Waals surface area contributed by atoms with Gasteiger partial charge in [-0.2, -0.15) is 0 Å². The third-order valence-electron chi connectivity index (χ3n) is 4.06. The van der Waals surface area contributed by atoms with Gasteiger partial charge in [0.1, 0.15) is 0 Å². The number of rotatable bonds is 9. The van der Waals surface area contributed by atoms with E-state index in [1.807, 2.05) is 6.92 Å². The minimum Gasteiger partial charge on any atom is -0.462 e. The second-order valence-corrected chi connectivity index (χ2v) is 6.56. The lowest BCUT2D eigenvalue weighted by Gasteiger charge is -2.05. The Kier molecular flexibility index (Phi) is 20.3. The van der Waals surface area contributed by atoms with Gasteiger partial charge in [0.2, 0.25) is 5.91 Å². The Bertz CT molecular complexity index is 513. The van der Waals surface area contributed by atoms with E-state index < -0.39 is 0 Å². The first-order valence-electron chi connectivity index (χ1n) is 10.4. The van der Waals surface area contributed by atoms with Gasteiger partial charge in [-0.05, 0) is 25.7 Å². The molecule has 0 saturated carbocycles.